The SMILES string of the molecule is CCOc1ccc(S(=O)(=O)NCCC(=O)OCC(=O)Nc2sccc2C#N)cc1. The summed E-state index contributed by atoms with van der Waals surface area (Å²) >= 11 is 1.18. The van der Waals surface area contributed by atoms with E-state index in [1.54, 1.807) is 11.4 Å². The molecule has 0 saturated heterocycles. The molecule has 0 unspecified atom stereocenters. The third kappa shape index (κ3) is 6.86. The predicted octanol–water partition coefficient (Wildman–Crippen LogP) is 1.87. The number of sulfonamides is 1. The molecule has 0 bridgehead atoms. The zero-order valence-electron chi connectivity index (χ0n) is 15.5. The van der Waals surface area contributed by atoms with Gasteiger partial charge in [0, 0.05) is 6.54 Å². The number of nitrogens with zero attached hydrogens (tertiary/aromatic N) is 1. The average Bonchev–Trinajstić information content (AvgIpc) is 3.14. The van der Waals surface area contributed by atoms with Crippen LogP contribution in [-0.2, 0) is 24.3 Å². The lowest BCUT2D eigenvalue weighted by Gasteiger charge is -2.08. The number of ether oxygens (including phenoxy) is 2. The van der Waals surface area contributed by atoms with Gasteiger partial charge in [0.15, 0.2) is 6.61 Å². The molecule has 29 heavy (non-hydrogen) atoms. The molecule has 0 atom stereocenters. The van der Waals surface area contributed by atoms with Gasteiger partial charge in [-0.3, -0.25) is 9.59 Å². The Morgan fingerprint density at radius 2 is 1.93 bits per heavy atom. The lowest BCUT2D eigenvalue weighted by Crippen LogP contribution is -2.28. The molecule has 1 aromatic heterocycles. The van der Waals surface area contributed by atoms with Crippen molar-refractivity contribution < 1.29 is 27.5 Å². The summed E-state index contributed by atoms with van der Waals surface area (Å²) < 4.78 is 36.7. The van der Waals surface area contributed by atoms with E-state index in [1.807, 2.05) is 13.0 Å². The molecule has 0 radical (unpaired) electrons. The van der Waals surface area contributed by atoms with E-state index >= 15 is 0 Å². The Kier molecular flexibility index (Phi) is 8.14. The highest BCUT2D eigenvalue weighted by Gasteiger charge is 2.15. The van der Waals surface area contributed by atoms with Gasteiger partial charge in [0.25, 0.3) is 5.91 Å². The van der Waals surface area contributed by atoms with Crippen molar-refractivity contribution in [2.75, 3.05) is 25.1 Å². The van der Waals surface area contributed by atoms with Crippen molar-refractivity contribution in [3.8, 4) is 11.8 Å². The minimum atomic E-state index is -3.78. The highest BCUT2D eigenvalue weighted by atomic mass is 32.2. The minimum Gasteiger partial charge on any atom is -0.494 e. The van der Waals surface area contributed by atoms with Crippen molar-refractivity contribution in [1.82, 2.24) is 4.72 Å². The number of thiophene rings is 1. The van der Waals surface area contributed by atoms with Gasteiger partial charge in [-0.25, -0.2) is 13.1 Å². The molecule has 11 heteroatoms. The normalized spacial score (nSPS) is 10.8. The van der Waals surface area contributed by atoms with Gasteiger partial charge in [-0.05, 0) is 42.6 Å². The van der Waals surface area contributed by atoms with Crippen molar-refractivity contribution in [2.24, 2.45) is 0 Å². The summed E-state index contributed by atoms with van der Waals surface area (Å²) in [7, 11) is -3.78. The van der Waals surface area contributed by atoms with Crippen LogP contribution in [0.5, 0.6) is 5.75 Å². The first-order valence-electron chi connectivity index (χ1n) is 8.51. The maximum absolute atomic E-state index is 12.2. The zero-order chi connectivity index (χ0) is 21.3. The number of esters is 1. The molecule has 0 aliphatic carbocycles. The first kappa shape index (κ1) is 22.4. The molecule has 1 amide bonds. The summed E-state index contributed by atoms with van der Waals surface area (Å²) in [4.78, 5) is 23.5. The van der Waals surface area contributed by atoms with Crippen LogP contribution in [0.25, 0.3) is 0 Å². The number of rotatable bonds is 10. The fraction of sp³-hybridized carbons (Fsp3) is 0.278. The summed E-state index contributed by atoms with van der Waals surface area (Å²) in [5.74, 6) is -0.772. The van der Waals surface area contributed by atoms with E-state index in [0.717, 1.165) is 0 Å². The van der Waals surface area contributed by atoms with E-state index in [-0.39, 0.29) is 17.9 Å². The summed E-state index contributed by atoms with van der Waals surface area (Å²) in [6, 6.07) is 9.36. The molecule has 0 spiro atoms. The fourth-order valence-electron chi connectivity index (χ4n) is 2.13. The third-order valence-electron chi connectivity index (χ3n) is 3.47. The van der Waals surface area contributed by atoms with Crippen LogP contribution in [0.4, 0.5) is 5.00 Å². The first-order valence-corrected chi connectivity index (χ1v) is 10.9. The van der Waals surface area contributed by atoms with Gasteiger partial charge < -0.3 is 14.8 Å². The second-order valence-electron chi connectivity index (χ2n) is 5.54. The van der Waals surface area contributed by atoms with Crippen LogP contribution in [0.3, 0.4) is 0 Å². The molecule has 2 N–H and O–H groups in total. The van der Waals surface area contributed by atoms with Gasteiger partial charge in [-0.2, -0.15) is 5.26 Å². The van der Waals surface area contributed by atoms with Crippen molar-refractivity contribution in [1.29, 1.82) is 5.26 Å². The van der Waals surface area contributed by atoms with E-state index in [9.17, 15) is 18.0 Å². The van der Waals surface area contributed by atoms with Crippen LogP contribution in [0.1, 0.15) is 18.9 Å². The molecule has 0 aliphatic rings. The minimum absolute atomic E-state index is 0.0398. The van der Waals surface area contributed by atoms with Gasteiger partial charge in [-0.1, -0.05) is 0 Å². The molecule has 9 nitrogen and oxygen atoms in total. The first-order chi connectivity index (χ1) is 13.9. The molecule has 154 valence electrons. The molecule has 0 aliphatic heterocycles. The molecule has 2 rings (SSSR count). The van der Waals surface area contributed by atoms with Crippen LogP contribution in [-0.4, -0.2) is 40.1 Å². The smallest absolute Gasteiger partial charge is 0.307 e. The van der Waals surface area contributed by atoms with Gasteiger partial charge in [-0.15, -0.1) is 11.3 Å². The van der Waals surface area contributed by atoms with Crippen molar-refractivity contribution >= 4 is 38.2 Å². The maximum atomic E-state index is 12.2. The summed E-state index contributed by atoms with van der Waals surface area (Å²) in [5, 5.41) is 13.4. The number of anilines is 1. The molecular formula is C18H19N3O6S2. The number of benzene rings is 1. The van der Waals surface area contributed by atoms with Crippen LogP contribution < -0.4 is 14.8 Å². The largest absolute Gasteiger partial charge is 0.494 e. The van der Waals surface area contributed by atoms with Crippen molar-refractivity contribution in [3.63, 3.8) is 0 Å². The topological polar surface area (TPSA) is 135 Å². The van der Waals surface area contributed by atoms with Crippen molar-refractivity contribution in [2.45, 2.75) is 18.2 Å². The Bertz CT molecular complexity index is 993. The molecular weight excluding hydrogens is 418 g/mol. The zero-order valence-corrected chi connectivity index (χ0v) is 17.1. The van der Waals surface area contributed by atoms with Crippen LogP contribution in [0, 0.1) is 11.3 Å². The highest BCUT2D eigenvalue weighted by molar-refractivity contribution is 7.89. The van der Waals surface area contributed by atoms with E-state index in [4.69, 9.17) is 14.7 Å². The van der Waals surface area contributed by atoms with Crippen LogP contribution in [0.15, 0.2) is 40.6 Å². The molecule has 1 heterocycles. The Hall–Kier alpha value is -2.94. The number of amides is 1. The quantitative estimate of drug-likeness (QED) is 0.542. The Labute approximate surface area is 172 Å². The molecule has 0 saturated carbocycles. The molecule has 2 aromatic rings. The summed E-state index contributed by atoms with van der Waals surface area (Å²) in [6.07, 6.45) is -0.244. The number of carbonyl (C=O) groups is 2. The van der Waals surface area contributed by atoms with E-state index < -0.39 is 28.5 Å². The van der Waals surface area contributed by atoms with Crippen LogP contribution in [0.2, 0.25) is 0 Å². The number of carbonyl (C=O) groups excluding carboxylic acids is 2. The van der Waals surface area contributed by atoms with Gasteiger partial charge in [0.05, 0.1) is 23.5 Å². The second kappa shape index (κ2) is 10.6. The monoisotopic (exact) mass is 437 g/mol. The lowest BCUT2D eigenvalue weighted by molar-refractivity contribution is -0.147. The Balaban J connectivity index is 1.74. The standard InChI is InChI=1S/C18H19N3O6S2/c1-2-26-14-3-5-15(6-4-14)29(24,25)20-9-7-17(23)27-12-16(22)21-18-13(11-19)8-10-28-18/h3-6,8,10,20H,2,7,9,12H2,1H3,(H,21,22). The summed E-state index contributed by atoms with van der Waals surface area (Å²) in [5.41, 5.74) is 0.318. The molecule has 0 fully saturated rings. The third-order valence-corrected chi connectivity index (χ3v) is 5.78. The fourth-order valence-corrected chi connectivity index (χ4v) is 3.91. The molecule has 1 aromatic carbocycles. The number of nitriles is 1. The van der Waals surface area contributed by atoms with Gasteiger partial charge >= 0.3 is 5.97 Å². The predicted molar refractivity (Wildman–Crippen MR) is 106 cm³/mol. The van der Waals surface area contributed by atoms with Gasteiger partial charge in [0.1, 0.15) is 16.8 Å². The van der Waals surface area contributed by atoms with E-state index in [2.05, 4.69) is 10.0 Å². The Morgan fingerprint density at radius 1 is 1.21 bits per heavy atom. The van der Waals surface area contributed by atoms with Crippen LogP contribution >= 0.6 is 11.3 Å². The van der Waals surface area contributed by atoms with E-state index in [1.165, 1.54) is 35.6 Å². The summed E-state index contributed by atoms with van der Waals surface area (Å²) in [6.45, 7) is 1.57. The lowest BCUT2D eigenvalue weighted by atomic mass is 10.3. The van der Waals surface area contributed by atoms with Gasteiger partial charge in [0.2, 0.25) is 10.0 Å². The number of hydrogen-bond acceptors (Lipinski definition) is 8. The second-order valence-corrected chi connectivity index (χ2v) is 8.22. The number of hydrogen-bond donors (Lipinski definition) is 2. The maximum Gasteiger partial charge on any atom is 0.307 e. The highest BCUT2D eigenvalue weighted by Crippen LogP contribution is 2.21. The Morgan fingerprint density at radius 3 is 2.59 bits per heavy atom. The average molecular weight is 437 g/mol. The number of nitrogens with one attached hydrogen (secondary N) is 2. The van der Waals surface area contributed by atoms with E-state index in [0.29, 0.717) is 22.9 Å². The van der Waals surface area contributed by atoms with Crippen molar-refractivity contribution in [3.05, 3.63) is 41.3 Å².